The highest BCUT2D eigenvalue weighted by Crippen LogP contribution is 2.65. The SMILES string of the molecule is CCCCOc1ccc(OC(=O)c2ccc(N3C(=O)[C@@H]4[C@H]5C=C[C@H]([C@H]6C[C@H]56)[C@@H]4C3=O)cc2)cc1. The maximum Gasteiger partial charge on any atom is 0.343 e. The van der Waals surface area contributed by atoms with Crippen LogP contribution in [0.1, 0.15) is 36.5 Å². The van der Waals surface area contributed by atoms with Gasteiger partial charge in [-0.05, 0) is 85.0 Å². The largest absolute Gasteiger partial charge is 0.494 e. The highest BCUT2D eigenvalue weighted by atomic mass is 16.5. The van der Waals surface area contributed by atoms with Crippen molar-refractivity contribution in [2.24, 2.45) is 35.5 Å². The molecule has 1 heterocycles. The third kappa shape index (κ3) is 3.35. The van der Waals surface area contributed by atoms with Crippen molar-refractivity contribution in [2.45, 2.75) is 26.2 Å². The van der Waals surface area contributed by atoms with Gasteiger partial charge in [-0.3, -0.25) is 14.5 Å². The summed E-state index contributed by atoms with van der Waals surface area (Å²) in [5.74, 6) is 1.53. The summed E-state index contributed by atoms with van der Waals surface area (Å²) in [6, 6.07) is 13.5. The number of anilines is 1. The van der Waals surface area contributed by atoms with Crippen molar-refractivity contribution < 1.29 is 23.9 Å². The summed E-state index contributed by atoms with van der Waals surface area (Å²) < 4.78 is 11.1. The smallest absolute Gasteiger partial charge is 0.343 e. The van der Waals surface area contributed by atoms with Crippen LogP contribution in [0.4, 0.5) is 5.69 Å². The van der Waals surface area contributed by atoms with Crippen LogP contribution in [-0.2, 0) is 9.59 Å². The molecule has 34 heavy (non-hydrogen) atoms. The Labute approximate surface area is 198 Å². The third-order valence-corrected chi connectivity index (χ3v) is 7.82. The van der Waals surface area contributed by atoms with E-state index >= 15 is 0 Å². The molecule has 1 saturated heterocycles. The molecule has 0 spiro atoms. The summed E-state index contributed by atoms with van der Waals surface area (Å²) in [7, 11) is 0. The number of hydrogen-bond donors (Lipinski definition) is 0. The van der Waals surface area contributed by atoms with Crippen molar-refractivity contribution >= 4 is 23.5 Å². The lowest BCUT2D eigenvalue weighted by Crippen LogP contribution is -2.40. The number of amides is 2. The van der Waals surface area contributed by atoms with Gasteiger partial charge in [0.1, 0.15) is 11.5 Å². The van der Waals surface area contributed by atoms with Crippen molar-refractivity contribution in [1.82, 2.24) is 0 Å². The van der Waals surface area contributed by atoms with Gasteiger partial charge in [0, 0.05) is 0 Å². The van der Waals surface area contributed by atoms with Crippen LogP contribution >= 0.6 is 0 Å². The number of allylic oxidation sites excluding steroid dienone is 2. The van der Waals surface area contributed by atoms with E-state index in [1.54, 1.807) is 48.5 Å². The summed E-state index contributed by atoms with van der Waals surface area (Å²) in [6.07, 6.45) is 7.52. The minimum absolute atomic E-state index is 0.101. The van der Waals surface area contributed by atoms with E-state index in [0.29, 0.717) is 35.4 Å². The number of nitrogens with zero attached hydrogens (tertiary/aromatic N) is 1. The average Bonchev–Trinajstić information content (AvgIpc) is 3.64. The first-order valence-electron chi connectivity index (χ1n) is 12.2. The monoisotopic (exact) mass is 457 g/mol. The van der Waals surface area contributed by atoms with E-state index in [1.807, 2.05) is 0 Å². The quantitative estimate of drug-likeness (QED) is 0.199. The molecule has 4 aliphatic carbocycles. The molecular weight excluding hydrogens is 430 g/mol. The molecule has 0 aromatic heterocycles. The molecule has 6 nitrogen and oxygen atoms in total. The molecule has 5 aliphatic rings. The second-order valence-electron chi connectivity index (χ2n) is 9.78. The minimum atomic E-state index is -0.499. The van der Waals surface area contributed by atoms with E-state index < -0.39 is 5.97 Å². The van der Waals surface area contributed by atoms with Crippen molar-refractivity contribution in [3.8, 4) is 11.5 Å². The van der Waals surface area contributed by atoms with Gasteiger partial charge >= 0.3 is 5.97 Å². The molecule has 2 amide bonds. The van der Waals surface area contributed by atoms with Gasteiger partial charge in [0.15, 0.2) is 0 Å². The van der Waals surface area contributed by atoms with Gasteiger partial charge in [-0.2, -0.15) is 0 Å². The Morgan fingerprint density at radius 1 is 0.882 bits per heavy atom. The summed E-state index contributed by atoms with van der Waals surface area (Å²) in [6.45, 7) is 2.76. The van der Waals surface area contributed by atoms with Crippen molar-refractivity contribution in [2.75, 3.05) is 11.5 Å². The minimum Gasteiger partial charge on any atom is -0.494 e. The zero-order chi connectivity index (χ0) is 23.4. The first kappa shape index (κ1) is 21.1. The van der Waals surface area contributed by atoms with Crippen LogP contribution in [0.15, 0.2) is 60.7 Å². The summed E-state index contributed by atoms with van der Waals surface area (Å²) in [5, 5.41) is 0. The van der Waals surface area contributed by atoms with Crippen LogP contribution in [0, 0.1) is 35.5 Å². The van der Waals surface area contributed by atoms with Crippen LogP contribution < -0.4 is 14.4 Å². The number of imide groups is 1. The maximum absolute atomic E-state index is 13.2. The van der Waals surface area contributed by atoms with Gasteiger partial charge in [0.25, 0.3) is 0 Å². The van der Waals surface area contributed by atoms with Crippen molar-refractivity contribution in [1.29, 1.82) is 0 Å². The van der Waals surface area contributed by atoms with Crippen molar-refractivity contribution in [3.05, 3.63) is 66.2 Å². The predicted octanol–water partition coefficient (Wildman–Crippen LogP) is 4.64. The summed E-state index contributed by atoms with van der Waals surface area (Å²) >= 11 is 0. The lowest BCUT2D eigenvalue weighted by Gasteiger charge is -2.37. The van der Waals surface area contributed by atoms with Crippen LogP contribution in [0.3, 0.4) is 0 Å². The predicted molar refractivity (Wildman–Crippen MR) is 125 cm³/mol. The lowest BCUT2D eigenvalue weighted by molar-refractivity contribution is -0.124. The molecule has 2 saturated carbocycles. The number of unbranched alkanes of at least 4 members (excludes halogenated alkanes) is 1. The highest BCUT2D eigenvalue weighted by Gasteiger charge is 2.67. The third-order valence-electron chi connectivity index (χ3n) is 7.82. The second-order valence-corrected chi connectivity index (χ2v) is 9.78. The zero-order valence-corrected chi connectivity index (χ0v) is 19.1. The standard InChI is InChI=1S/C28H27NO5/c1-2-3-14-33-18-8-10-19(11-9-18)34-28(32)16-4-6-17(7-5-16)29-26(30)24-20-12-13-21(23-15-22(20)23)25(24)27(29)31/h4-13,20-25H,2-3,14-15H2,1H3/t20-,21+,22-,23-,24+,25-/m1/s1. The first-order valence-corrected chi connectivity index (χ1v) is 12.2. The van der Waals surface area contributed by atoms with Gasteiger partial charge < -0.3 is 9.47 Å². The lowest BCUT2D eigenvalue weighted by atomic mass is 9.63. The molecule has 2 aromatic rings. The molecule has 0 N–H and O–H groups in total. The molecule has 7 rings (SSSR count). The molecule has 0 unspecified atom stereocenters. The molecule has 1 aliphatic heterocycles. The number of rotatable bonds is 7. The van der Waals surface area contributed by atoms with Crippen LogP contribution in [-0.4, -0.2) is 24.4 Å². The molecule has 6 atom stereocenters. The fraction of sp³-hybridized carbons (Fsp3) is 0.393. The van der Waals surface area contributed by atoms with E-state index in [1.165, 1.54) is 4.90 Å². The fourth-order valence-corrected chi connectivity index (χ4v) is 6.06. The van der Waals surface area contributed by atoms with Crippen LogP contribution in [0.2, 0.25) is 0 Å². The number of carbonyl (C=O) groups excluding carboxylic acids is 3. The number of ether oxygens (including phenoxy) is 2. The average molecular weight is 458 g/mol. The van der Waals surface area contributed by atoms with Gasteiger partial charge in [-0.25, -0.2) is 4.79 Å². The molecule has 3 fully saturated rings. The molecule has 174 valence electrons. The number of hydrogen-bond acceptors (Lipinski definition) is 5. The van der Waals surface area contributed by atoms with Gasteiger partial charge in [-0.1, -0.05) is 25.5 Å². The fourth-order valence-electron chi connectivity index (χ4n) is 6.06. The molecule has 2 bridgehead atoms. The Morgan fingerprint density at radius 3 is 2.06 bits per heavy atom. The molecular formula is C28H27NO5. The number of esters is 1. The van der Waals surface area contributed by atoms with Crippen LogP contribution in [0.25, 0.3) is 0 Å². The Kier molecular flexibility index (Phi) is 5.05. The van der Waals surface area contributed by atoms with Crippen molar-refractivity contribution in [3.63, 3.8) is 0 Å². The van der Waals surface area contributed by atoms with Crippen LogP contribution in [0.5, 0.6) is 11.5 Å². The van der Waals surface area contributed by atoms with E-state index in [-0.39, 0.29) is 35.5 Å². The normalized spacial score (nSPS) is 30.2. The Hall–Kier alpha value is -3.41. The summed E-state index contributed by atoms with van der Waals surface area (Å²) in [4.78, 5) is 40.4. The van der Waals surface area contributed by atoms with E-state index in [2.05, 4.69) is 19.1 Å². The zero-order valence-electron chi connectivity index (χ0n) is 19.1. The first-order chi connectivity index (χ1) is 16.6. The van der Waals surface area contributed by atoms with Gasteiger partial charge in [-0.15, -0.1) is 0 Å². The molecule has 6 heteroatoms. The summed E-state index contributed by atoms with van der Waals surface area (Å²) in [5.41, 5.74) is 0.870. The highest BCUT2D eigenvalue weighted by molar-refractivity contribution is 6.22. The topological polar surface area (TPSA) is 72.9 Å². The van der Waals surface area contributed by atoms with Gasteiger partial charge in [0.2, 0.25) is 11.8 Å². The Balaban J connectivity index is 1.13. The number of benzene rings is 2. The van der Waals surface area contributed by atoms with Gasteiger partial charge in [0.05, 0.1) is 29.7 Å². The van der Waals surface area contributed by atoms with E-state index in [0.717, 1.165) is 25.0 Å². The van der Waals surface area contributed by atoms with E-state index in [4.69, 9.17) is 9.47 Å². The maximum atomic E-state index is 13.2. The second kappa shape index (κ2) is 8.12. The molecule has 2 aromatic carbocycles. The molecule has 0 radical (unpaired) electrons. The number of carbonyl (C=O) groups is 3. The Morgan fingerprint density at radius 2 is 1.47 bits per heavy atom. The Bertz CT molecular complexity index is 1130. The van der Waals surface area contributed by atoms with E-state index in [9.17, 15) is 14.4 Å².